The molecule has 9 heteroatoms. The van der Waals surface area contributed by atoms with Gasteiger partial charge in [-0.15, -0.1) is 0 Å². The maximum Gasteiger partial charge on any atom is 0.343 e. The number of nitro benzene ring substituents is 1. The SMILES string of the molecule is CCOc1cc(/C=N/OC(C)=O)ccc1OC(=O)c1cccc([N+](=O)[O-])c1. The number of rotatable bonds is 7. The number of hydrogen-bond acceptors (Lipinski definition) is 8. The molecule has 0 saturated carbocycles. The van der Waals surface area contributed by atoms with Gasteiger partial charge >= 0.3 is 11.9 Å². The number of non-ortho nitro benzene ring substituents is 1. The molecule has 0 spiro atoms. The zero-order valence-electron chi connectivity index (χ0n) is 14.6. The summed E-state index contributed by atoms with van der Waals surface area (Å²) in [6.45, 7) is 3.29. The number of nitrogens with zero attached hydrogens (tertiary/aromatic N) is 2. The van der Waals surface area contributed by atoms with Crippen LogP contribution in [0.3, 0.4) is 0 Å². The minimum Gasteiger partial charge on any atom is -0.490 e. The van der Waals surface area contributed by atoms with E-state index in [1.165, 1.54) is 37.4 Å². The Morgan fingerprint density at radius 2 is 1.96 bits per heavy atom. The zero-order valence-corrected chi connectivity index (χ0v) is 14.6. The predicted molar refractivity (Wildman–Crippen MR) is 95.0 cm³/mol. The summed E-state index contributed by atoms with van der Waals surface area (Å²) in [4.78, 5) is 37.7. The molecule has 0 saturated heterocycles. The third-order valence-corrected chi connectivity index (χ3v) is 3.15. The highest BCUT2D eigenvalue weighted by Crippen LogP contribution is 2.29. The smallest absolute Gasteiger partial charge is 0.343 e. The van der Waals surface area contributed by atoms with Crippen LogP contribution in [0.4, 0.5) is 5.69 Å². The van der Waals surface area contributed by atoms with Gasteiger partial charge in [0.25, 0.3) is 5.69 Å². The summed E-state index contributed by atoms with van der Waals surface area (Å²) in [5.74, 6) is -0.916. The molecular formula is C18H16N2O7. The molecule has 0 fully saturated rings. The van der Waals surface area contributed by atoms with Crippen molar-refractivity contribution in [3.63, 3.8) is 0 Å². The van der Waals surface area contributed by atoms with Gasteiger partial charge in [0.2, 0.25) is 0 Å². The molecule has 0 heterocycles. The van der Waals surface area contributed by atoms with E-state index < -0.39 is 16.9 Å². The summed E-state index contributed by atoms with van der Waals surface area (Å²) < 4.78 is 10.7. The van der Waals surface area contributed by atoms with Crippen molar-refractivity contribution in [2.75, 3.05) is 6.61 Å². The number of benzene rings is 2. The first-order valence-electron chi connectivity index (χ1n) is 7.85. The number of carbonyl (C=O) groups is 2. The van der Waals surface area contributed by atoms with Crippen molar-refractivity contribution in [1.82, 2.24) is 0 Å². The van der Waals surface area contributed by atoms with Gasteiger partial charge in [-0.1, -0.05) is 11.2 Å². The van der Waals surface area contributed by atoms with E-state index in [4.69, 9.17) is 9.47 Å². The van der Waals surface area contributed by atoms with Gasteiger partial charge < -0.3 is 14.3 Å². The molecule has 2 rings (SSSR count). The lowest BCUT2D eigenvalue weighted by Crippen LogP contribution is -2.10. The number of oxime groups is 1. The van der Waals surface area contributed by atoms with Gasteiger partial charge in [-0.3, -0.25) is 10.1 Å². The van der Waals surface area contributed by atoms with E-state index in [1.807, 2.05) is 0 Å². The molecule has 2 aromatic rings. The fourth-order valence-electron chi connectivity index (χ4n) is 2.02. The molecule has 9 nitrogen and oxygen atoms in total. The van der Waals surface area contributed by atoms with E-state index in [0.29, 0.717) is 12.2 Å². The second-order valence-corrected chi connectivity index (χ2v) is 5.15. The molecule has 0 bridgehead atoms. The Morgan fingerprint density at radius 3 is 2.63 bits per heavy atom. The molecule has 0 radical (unpaired) electrons. The van der Waals surface area contributed by atoms with Crippen LogP contribution >= 0.6 is 0 Å². The fourth-order valence-corrected chi connectivity index (χ4v) is 2.02. The van der Waals surface area contributed by atoms with Crippen LogP contribution < -0.4 is 9.47 Å². The summed E-state index contributed by atoms with van der Waals surface area (Å²) in [6.07, 6.45) is 1.30. The average molecular weight is 372 g/mol. The summed E-state index contributed by atoms with van der Waals surface area (Å²) in [5.41, 5.74) is 0.369. The van der Waals surface area contributed by atoms with Crippen molar-refractivity contribution in [2.24, 2.45) is 5.16 Å². The van der Waals surface area contributed by atoms with Crippen LogP contribution in [0.1, 0.15) is 29.8 Å². The lowest BCUT2D eigenvalue weighted by atomic mass is 10.2. The molecule has 0 aliphatic heterocycles. The quantitative estimate of drug-likeness (QED) is 0.183. The summed E-state index contributed by atoms with van der Waals surface area (Å²) in [7, 11) is 0. The van der Waals surface area contributed by atoms with Crippen LogP contribution in [0.5, 0.6) is 11.5 Å². The highest BCUT2D eigenvalue weighted by atomic mass is 16.7. The minimum absolute atomic E-state index is 0.0344. The Hall–Kier alpha value is -3.75. The molecule has 140 valence electrons. The number of ether oxygens (including phenoxy) is 2. The maximum absolute atomic E-state index is 12.3. The first-order chi connectivity index (χ1) is 12.9. The van der Waals surface area contributed by atoms with Gasteiger partial charge in [0.1, 0.15) is 0 Å². The Labute approximate surface area is 154 Å². The monoisotopic (exact) mass is 372 g/mol. The zero-order chi connectivity index (χ0) is 19.8. The normalized spacial score (nSPS) is 10.4. The molecule has 27 heavy (non-hydrogen) atoms. The average Bonchev–Trinajstić information content (AvgIpc) is 2.63. The highest BCUT2D eigenvalue weighted by molar-refractivity contribution is 5.92. The molecule has 0 amide bonds. The standard InChI is InChI=1S/C18H16N2O7/c1-3-25-17-9-13(11-19-27-12(2)21)7-8-16(17)26-18(22)14-5-4-6-15(10-14)20(23)24/h4-11H,3H2,1-2H3/b19-11+. The van der Waals surface area contributed by atoms with Crippen molar-refractivity contribution in [1.29, 1.82) is 0 Å². The van der Waals surface area contributed by atoms with Crippen LogP contribution in [0.2, 0.25) is 0 Å². The van der Waals surface area contributed by atoms with Crippen molar-refractivity contribution in [3.8, 4) is 11.5 Å². The topological polar surface area (TPSA) is 117 Å². The fraction of sp³-hybridized carbons (Fsp3) is 0.167. The second-order valence-electron chi connectivity index (χ2n) is 5.15. The van der Waals surface area contributed by atoms with Crippen molar-refractivity contribution < 1.29 is 28.8 Å². The van der Waals surface area contributed by atoms with Crippen LogP contribution in [0.25, 0.3) is 0 Å². The van der Waals surface area contributed by atoms with E-state index in [2.05, 4.69) is 9.99 Å². The molecule has 0 atom stereocenters. The van der Waals surface area contributed by atoms with Gasteiger partial charge in [-0.05, 0) is 31.2 Å². The highest BCUT2D eigenvalue weighted by Gasteiger charge is 2.16. The van der Waals surface area contributed by atoms with Crippen LogP contribution in [-0.4, -0.2) is 29.7 Å². The molecule has 0 aliphatic rings. The summed E-state index contributed by atoms with van der Waals surface area (Å²) in [6, 6.07) is 9.82. The van der Waals surface area contributed by atoms with Gasteiger partial charge in [-0.2, -0.15) is 0 Å². The Balaban J connectivity index is 2.22. The van der Waals surface area contributed by atoms with Crippen LogP contribution in [-0.2, 0) is 9.63 Å². The van der Waals surface area contributed by atoms with Crippen LogP contribution in [0, 0.1) is 10.1 Å². The molecule has 0 aromatic heterocycles. The Morgan fingerprint density at radius 1 is 1.19 bits per heavy atom. The van der Waals surface area contributed by atoms with E-state index in [1.54, 1.807) is 19.1 Å². The molecule has 2 aromatic carbocycles. The van der Waals surface area contributed by atoms with E-state index >= 15 is 0 Å². The summed E-state index contributed by atoms with van der Waals surface area (Å²) in [5, 5.41) is 14.3. The van der Waals surface area contributed by atoms with E-state index in [0.717, 1.165) is 6.07 Å². The molecular weight excluding hydrogens is 356 g/mol. The third kappa shape index (κ3) is 5.63. The maximum atomic E-state index is 12.3. The summed E-state index contributed by atoms with van der Waals surface area (Å²) >= 11 is 0. The van der Waals surface area contributed by atoms with Crippen LogP contribution in [0.15, 0.2) is 47.6 Å². The number of nitro groups is 1. The minimum atomic E-state index is -0.763. The third-order valence-electron chi connectivity index (χ3n) is 3.15. The Kier molecular flexibility index (Phi) is 6.59. The number of esters is 1. The molecule has 0 unspecified atom stereocenters. The van der Waals surface area contributed by atoms with E-state index in [-0.39, 0.29) is 22.7 Å². The first-order valence-corrected chi connectivity index (χ1v) is 7.85. The largest absolute Gasteiger partial charge is 0.490 e. The lowest BCUT2D eigenvalue weighted by Gasteiger charge is -2.11. The number of hydrogen-bond donors (Lipinski definition) is 0. The Bertz CT molecular complexity index is 893. The van der Waals surface area contributed by atoms with Crippen molar-refractivity contribution in [3.05, 3.63) is 63.7 Å². The van der Waals surface area contributed by atoms with E-state index in [9.17, 15) is 19.7 Å². The lowest BCUT2D eigenvalue weighted by molar-refractivity contribution is -0.384. The second kappa shape index (κ2) is 9.09. The molecule has 0 aliphatic carbocycles. The number of carbonyl (C=O) groups excluding carboxylic acids is 2. The van der Waals surface area contributed by atoms with Crippen molar-refractivity contribution >= 4 is 23.8 Å². The van der Waals surface area contributed by atoms with Gasteiger partial charge in [0.15, 0.2) is 11.5 Å². The van der Waals surface area contributed by atoms with Gasteiger partial charge in [0, 0.05) is 24.6 Å². The molecule has 0 N–H and O–H groups in total. The predicted octanol–water partition coefficient (Wildman–Crippen LogP) is 3.11. The van der Waals surface area contributed by atoms with Gasteiger partial charge in [0.05, 0.1) is 23.3 Å². The first kappa shape index (κ1) is 19.6. The van der Waals surface area contributed by atoms with Gasteiger partial charge in [-0.25, -0.2) is 9.59 Å². The van der Waals surface area contributed by atoms with Crippen molar-refractivity contribution in [2.45, 2.75) is 13.8 Å².